The molecule has 2 atom stereocenters. The third-order valence-corrected chi connectivity index (χ3v) is 4.35. The summed E-state index contributed by atoms with van der Waals surface area (Å²) in [6, 6.07) is 14.2. The second-order valence-corrected chi connectivity index (χ2v) is 5.85. The third-order valence-electron chi connectivity index (χ3n) is 4.35. The maximum absolute atomic E-state index is 14.2. The Morgan fingerprint density at radius 3 is 2.70 bits per heavy atom. The third kappa shape index (κ3) is 3.40. The highest BCUT2D eigenvalue weighted by molar-refractivity contribution is 5.34. The molecule has 1 aliphatic rings. The largest absolute Gasteiger partial charge is 0.497 e. The molecule has 23 heavy (non-hydrogen) atoms. The van der Waals surface area contributed by atoms with Crippen LogP contribution in [0.2, 0.25) is 0 Å². The molecule has 0 bridgehead atoms. The number of likely N-dealkylation sites (tertiary alicyclic amines) is 1. The summed E-state index contributed by atoms with van der Waals surface area (Å²) in [5, 5.41) is 3.23. The van der Waals surface area contributed by atoms with Crippen LogP contribution in [0.15, 0.2) is 53.7 Å². The molecular formula is C18H19FN2O2. The van der Waals surface area contributed by atoms with Crippen LogP contribution >= 0.6 is 0 Å². The van der Waals surface area contributed by atoms with Gasteiger partial charge in [-0.05, 0) is 29.3 Å². The quantitative estimate of drug-likeness (QED) is 0.792. The summed E-state index contributed by atoms with van der Waals surface area (Å²) in [6.45, 7) is 1.88. The van der Waals surface area contributed by atoms with Crippen LogP contribution in [0.25, 0.3) is 0 Å². The van der Waals surface area contributed by atoms with E-state index < -0.39 is 6.04 Å². The number of hydrogen-bond donors (Lipinski definition) is 0. The Hall–Kier alpha value is -2.27. The Bertz CT molecular complexity index is 678. The topological polar surface area (TPSA) is 41.9 Å². The molecule has 1 heterocycles. The van der Waals surface area contributed by atoms with Gasteiger partial charge in [-0.25, -0.2) is 4.39 Å². The van der Waals surface area contributed by atoms with Gasteiger partial charge < -0.3 is 4.74 Å². The van der Waals surface area contributed by atoms with E-state index in [4.69, 9.17) is 4.74 Å². The van der Waals surface area contributed by atoms with Gasteiger partial charge in [-0.15, -0.1) is 0 Å². The Morgan fingerprint density at radius 2 is 2.00 bits per heavy atom. The van der Waals surface area contributed by atoms with Crippen molar-refractivity contribution in [1.82, 2.24) is 4.90 Å². The summed E-state index contributed by atoms with van der Waals surface area (Å²) >= 11 is 0. The Morgan fingerprint density at radius 1 is 1.22 bits per heavy atom. The Kier molecular flexibility index (Phi) is 4.67. The first-order valence-corrected chi connectivity index (χ1v) is 7.63. The van der Waals surface area contributed by atoms with Crippen molar-refractivity contribution in [2.45, 2.75) is 18.5 Å². The second kappa shape index (κ2) is 6.87. The average molecular weight is 314 g/mol. The van der Waals surface area contributed by atoms with Gasteiger partial charge in [0.1, 0.15) is 17.6 Å². The van der Waals surface area contributed by atoms with Crippen LogP contribution in [0.1, 0.15) is 17.0 Å². The van der Waals surface area contributed by atoms with Gasteiger partial charge in [-0.2, -0.15) is 4.91 Å². The van der Waals surface area contributed by atoms with Crippen LogP contribution in [-0.2, 0) is 6.54 Å². The molecule has 5 heteroatoms. The smallest absolute Gasteiger partial charge is 0.127 e. The van der Waals surface area contributed by atoms with Crippen molar-refractivity contribution in [2.24, 2.45) is 5.18 Å². The van der Waals surface area contributed by atoms with Crippen molar-refractivity contribution in [3.8, 4) is 5.75 Å². The van der Waals surface area contributed by atoms with E-state index in [9.17, 15) is 9.30 Å². The lowest BCUT2D eigenvalue weighted by Crippen LogP contribution is -2.20. The van der Waals surface area contributed by atoms with Gasteiger partial charge in [0.25, 0.3) is 0 Å². The number of nitroso groups, excluding NO2 is 1. The lowest BCUT2D eigenvalue weighted by molar-refractivity contribution is 0.323. The zero-order valence-electron chi connectivity index (χ0n) is 13.0. The normalized spacial score (nSPS) is 21.3. The molecule has 0 amide bonds. The molecule has 2 aromatic carbocycles. The van der Waals surface area contributed by atoms with Gasteiger partial charge in [0, 0.05) is 25.6 Å². The molecule has 4 nitrogen and oxygen atoms in total. The van der Waals surface area contributed by atoms with Gasteiger partial charge in [-0.3, -0.25) is 4.90 Å². The van der Waals surface area contributed by atoms with Crippen LogP contribution in [-0.4, -0.2) is 31.1 Å². The first kappa shape index (κ1) is 15.6. The highest BCUT2D eigenvalue weighted by Crippen LogP contribution is 2.34. The van der Waals surface area contributed by atoms with Gasteiger partial charge in [0.05, 0.1) is 7.11 Å². The summed E-state index contributed by atoms with van der Waals surface area (Å²) in [5.41, 5.74) is 1.67. The van der Waals surface area contributed by atoms with E-state index >= 15 is 0 Å². The molecule has 0 unspecified atom stereocenters. The molecule has 0 radical (unpaired) electrons. The van der Waals surface area contributed by atoms with E-state index in [1.165, 1.54) is 11.6 Å². The number of rotatable bonds is 5. The van der Waals surface area contributed by atoms with Crippen molar-refractivity contribution < 1.29 is 9.13 Å². The van der Waals surface area contributed by atoms with Crippen molar-refractivity contribution in [1.29, 1.82) is 0 Å². The number of methoxy groups -OCH3 is 1. The van der Waals surface area contributed by atoms with Gasteiger partial charge in [-0.1, -0.05) is 35.5 Å². The van der Waals surface area contributed by atoms with Crippen LogP contribution < -0.4 is 4.74 Å². The lowest BCUT2D eigenvalue weighted by Gasteiger charge is -2.17. The number of ether oxygens (including phenoxy) is 1. The van der Waals surface area contributed by atoms with Gasteiger partial charge >= 0.3 is 0 Å². The summed E-state index contributed by atoms with van der Waals surface area (Å²) in [6.07, 6.45) is 0. The molecule has 2 aromatic rings. The Balaban J connectivity index is 1.81. The van der Waals surface area contributed by atoms with Crippen molar-refractivity contribution in [2.75, 3.05) is 20.2 Å². The molecule has 1 saturated heterocycles. The zero-order valence-corrected chi connectivity index (χ0v) is 13.0. The summed E-state index contributed by atoms with van der Waals surface area (Å²) in [7, 11) is 1.54. The minimum Gasteiger partial charge on any atom is -0.497 e. The van der Waals surface area contributed by atoms with Crippen LogP contribution in [0.5, 0.6) is 5.75 Å². The van der Waals surface area contributed by atoms with E-state index in [2.05, 4.69) is 10.1 Å². The predicted molar refractivity (Wildman–Crippen MR) is 87.0 cm³/mol. The second-order valence-electron chi connectivity index (χ2n) is 5.85. The molecule has 0 N–H and O–H groups in total. The first-order valence-electron chi connectivity index (χ1n) is 7.63. The van der Waals surface area contributed by atoms with E-state index in [1.807, 2.05) is 30.3 Å². The molecule has 0 saturated carbocycles. The van der Waals surface area contributed by atoms with Crippen molar-refractivity contribution >= 4 is 0 Å². The van der Waals surface area contributed by atoms with E-state index in [-0.39, 0.29) is 11.7 Å². The summed E-state index contributed by atoms with van der Waals surface area (Å²) in [5.74, 6) is 0.0323. The van der Waals surface area contributed by atoms with Gasteiger partial charge in [0.2, 0.25) is 0 Å². The zero-order chi connectivity index (χ0) is 16.2. The van der Waals surface area contributed by atoms with Crippen molar-refractivity contribution in [3.63, 3.8) is 0 Å². The summed E-state index contributed by atoms with van der Waals surface area (Å²) < 4.78 is 19.4. The van der Waals surface area contributed by atoms with Crippen LogP contribution in [0.3, 0.4) is 0 Å². The molecule has 120 valence electrons. The van der Waals surface area contributed by atoms with Crippen molar-refractivity contribution in [3.05, 3.63) is 70.4 Å². The minimum absolute atomic E-state index is 0.244. The summed E-state index contributed by atoms with van der Waals surface area (Å²) in [4.78, 5) is 13.4. The number of nitrogens with zero attached hydrogens (tertiary/aromatic N) is 2. The molecule has 1 aliphatic heterocycles. The highest BCUT2D eigenvalue weighted by atomic mass is 19.1. The fourth-order valence-electron chi connectivity index (χ4n) is 3.18. The van der Waals surface area contributed by atoms with Crippen LogP contribution in [0, 0.1) is 10.7 Å². The number of hydrogen-bond acceptors (Lipinski definition) is 4. The number of benzene rings is 2. The standard InChI is InChI=1S/C18H19FN2O2/c1-23-14-7-8-17(19)15(9-14)16-11-21(12-18(16)20-22)10-13-5-3-2-4-6-13/h2-9,16,18H,10-12H2,1H3/t16-,18+/m1/s1. The average Bonchev–Trinajstić information content (AvgIpc) is 2.99. The number of halogens is 1. The maximum atomic E-state index is 14.2. The highest BCUT2D eigenvalue weighted by Gasteiger charge is 2.36. The molecule has 1 fully saturated rings. The van der Waals surface area contributed by atoms with Gasteiger partial charge in [0.15, 0.2) is 0 Å². The van der Waals surface area contributed by atoms with E-state index in [0.29, 0.717) is 24.4 Å². The molecular weight excluding hydrogens is 295 g/mol. The minimum atomic E-state index is -0.444. The maximum Gasteiger partial charge on any atom is 0.127 e. The fourth-order valence-corrected chi connectivity index (χ4v) is 3.18. The molecule has 0 aromatic heterocycles. The molecule has 3 rings (SSSR count). The van der Waals surface area contributed by atoms with Crippen LogP contribution in [0.4, 0.5) is 4.39 Å². The lowest BCUT2D eigenvalue weighted by atomic mass is 9.94. The van der Waals surface area contributed by atoms with E-state index in [1.54, 1.807) is 19.2 Å². The fraction of sp³-hybridized carbons (Fsp3) is 0.333. The first-order chi connectivity index (χ1) is 11.2. The SMILES string of the molecule is COc1ccc(F)c([C@H]2CN(Cc3ccccc3)C[C@@H]2N=O)c1. The monoisotopic (exact) mass is 314 g/mol. The Labute approximate surface area is 134 Å². The molecule has 0 spiro atoms. The molecule has 0 aliphatic carbocycles. The van der Waals surface area contributed by atoms with E-state index in [0.717, 1.165) is 6.54 Å². The predicted octanol–water partition coefficient (Wildman–Crippen LogP) is 3.57.